The van der Waals surface area contributed by atoms with Gasteiger partial charge in [-0.05, 0) is 29.6 Å². The second-order valence-corrected chi connectivity index (χ2v) is 5.66. The van der Waals surface area contributed by atoms with E-state index in [4.69, 9.17) is 10.5 Å². The van der Waals surface area contributed by atoms with Gasteiger partial charge in [0.25, 0.3) is 11.8 Å². The highest BCUT2D eigenvalue weighted by Gasteiger charge is 2.16. The van der Waals surface area contributed by atoms with Crippen molar-refractivity contribution in [3.8, 4) is 5.75 Å². The molecule has 0 radical (unpaired) electrons. The van der Waals surface area contributed by atoms with Crippen LogP contribution in [0.5, 0.6) is 5.75 Å². The van der Waals surface area contributed by atoms with E-state index in [0.29, 0.717) is 21.9 Å². The minimum absolute atomic E-state index is 0.291. The molecule has 1 aromatic heterocycles. The summed E-state index contributed by atoms with van der Waals surface area (Å²) in [5, 5.41) is 4.78. The van der Waals surface area contributed by atoms with Gasteiger partial charge in [0.05, 0.1) is 18.2 Å². The molecule has 5 nitrogen and oxygen atoms in total. The van der Waals surface area contributed by atoms with Gasteiger partial charge in [-0.2, -0.15) is 0 Å². The lowest BCUT2D eigenvalue weighted by molar-refractivity contribution is 0.100. The molecule has 1 aromatic carbocycles. The number of hydrogen-bond donors (Lipinski definition) is 2. The van der Waals surface area contributed by atoms with Crippen LogP contribution in [0.2, 0.25) is 0 Å². The summed E-state index contributed by atoms with van der Waals surface area (Å²) in [4.78, 5) is 23.4. The summed E-state index contributed by atoms with van der Waals surface area (Å²) < 4.78 is 5.97. The van der Waals surface area contributed by atoms with Crippen molar-refractivity contribution in [2.45, 2.75) is 0 Å². The zero-order valence-electron chi connectivity index (χ0n) is 10.5. The van der Waals surface area contributed by atoms with Crippen LogP contribution in [0.1, 0.15) is 20.7 Å². The second kappa shape index (κ2) is 6.06. The van der Waals surface area contributed by atoms with E-state index in [1.807, 2.05) is 0 Å². The minimum atomic E-state index is -0.579. The van der Waals surface area contributed by atoms with Crippen LogP contribution in [0.25, 0.3) is 0 Å². The molecule has 1 heterocycles. The number of ether oxygens (including phenoxy) is 1. The highest BCUT2D eigenvalue weighted by atomic mass is 79.9. The van der Waals surface area contributed by atoms with Crippen molar-refractivity contribution in [1.82, 2.24) is 0 Å². The number of benzene rings is 1. The van der Waals surface area contributed by atoms with E-state index in [2.05, 4.69) is 21.2 Å². The third kappa shape index (κ3) is 3.00. The topological polar surface area (TPSA) is 81.4 Å². The van der Waals surface area contributed by atoms with Crippen LogP contribution >= 0.6 is 27.3 Å². The summed E-state index contributed by atoms with van der Waals surface area (Å²) in [6.07, 6.45) is 0. The maximum absolute atomic E-state index is 12.2. The molecule has 0 aliphatic heterocycles. The van der Waals surface area contributed by atoms with Crippen molar-refractivity contribution >= 4 is 44.1 Å². The van der Waals surface area contributed by atoms with Crippen molar-refractivity contribution in [2.24, 2.45) is 5.73 Å². The maximum atomic E-state index is 12.2. The highest BCUT2D eigenvalue weighted by Crippen LogP contribution is 2.27. The predicted molar refractivity (Wildman–Crippen MR) is 81.5 cm³/mol. The number of carbonyl (C=O) groups is 2. The van der Waals surface area contributed by atoms with E-state index >= 15 is 0 Å². The van der Waals surface area contributed by atoms with E-state index in [1.54, 1.807) is 29.6 Å². The van der Waals surface area contributed by atoms with Gasteiger partial charge < -0.3 is 15.8 Å². The molecule has 0 aliphatic rings. The monoisotopic (exact) mass is 354 g/mol. The lowest BCUT2D eigenvalue weighted by atomic mass is 10.2. The van der Waals surface area contributed by atoms with E-state index in [-0.39, 0.29) is 5.91 Å². The van der Waals surface area contributed by atoms with Crippen LogP contribution in [0.4, 0.5) is 5.00 Å². The summed E-state index contributed by atoms with van der Waals surface area (Å²) in [6.45, 7) is 0. The Hall–Kier alpha value is -1.86. The smallest absolute Gasteiger partial charge is 0.260 e. The molecule has 2 amide bonds. The van der Waals surface area contributed by atoms with Gasteiger partial charge in [0.15, 0.2) is 0 Å². The Labute approximate surface area is 127 Å². The number of nitrogens with two attached hydrogens (primary N) is 1. The summed E-state index contributed by atoms with van der Waals surface area (Å²) in [6, 6.07) is 6.64. The summed E-state index contributed by atoms with van der Waals surface area (Å²) in [7, 11) is 1.48. The fourth-order valence-corrected chi connectivity index (χ4v) is 2.75. The molecule has 2 rings (SSSR count). The Morgan fingerprint density at radius 1 is 1.30 bits per heavy atom. The van der Waals surface area contributed by atoms with Crippen LogP contribution in [0, 0.1) is 0 Å². The number of primary amides is 1. The average molecular weight is 355 g/mol. The number of carbonyl (C=O) groups excluding carboxylic acids is 2. The number of anilines is 1. The van der Waals surface area contributed by atoms with Gasteiger partial charge in [-0.3, -0.25) is 9.59 Å². The standard InChI is InChI=1S/C13H11BrN2O3S/c1-19-10-6-7(14)2-3-8(10)12(18)16-13-9(11(15)17)4-5-20-13/h2-6H,1H3,(H2,15,17)(H,16,18). The molecule has 0 spiro atoms. The molecule has 0 fully saturated rings. The number of thiophene rings is 1. The van der Waals surface area contributed by atoms with Crippen LogP contribution in [0.3, 0.4) is 0 Å². The quantitative estimate of drug-likeness (QED) is 0.885. The zero-order valence-corrected chi connectivity index (χ0v) is 12.9. The Bertz CT molecular complexity index is 669. The van der Waals surface area contributed by atoms with Gasteiger partial charge >= 0.3 is 0 Å². The Morgan fingerprint density at radius 2 is 2.05 bits per heavy atom. The minimum Gasteiger partial charge on any atom is -0.496 e. The van der Waals surface area contributed by atoms with Crippen LogP contribution in [-0.2, 0) is 0 Å². The average Bonchev–Trinajstić information content (AvgIpc) is 2.86. The Kier molecular flexibility index (Phi) is 4.41. The molecule has 0 aliphatic carbocycles. The van der Waals surface area contributed by atoms with Crippen molar-refractivity contribution in [1.29, 1.82) is 0 Å². The summed E-state index contributed by atoms with van der Waals surface area (Å²) >= 11 is 4.54. The molecule has 0 saturated heterocycles. The molecule has 7 heteroatoms. The van der Waals surface area contributed by atoms with Crippen molar-refractivity contribution < 1.29 is 14.3 Å². The van der Waals surface area contributed by atoms with Crippen LogP contribution < -0.4 is 15.8 Å². The van der Waals surface area contributed by atoms with Crippen molar-refractivity contribution in [3.63, 3.8) is 0 Å². The van der Waals surface area contributed by atoms with Gasteiger partial charge in [-0.1, -0.05) is 15.9 Å². The molecule has 0 unspecified atom stereocenters. The molecule has 2 aromatic rings. The molecule has 0 atom stereocenters. The number of nitrogens with one attached hydrogen (secondary N) is 1. The van der Waals surface area contributed by atoms with Gasteiger partial charge in [-0.25, -0.2) is 0 Å². The van der Waals surface area contributed by atoms with E-state index in [0.717, 1.165) is 4.47 Å². The van der Waals surface area contributed by atoms with Crippen LogP contribution in [-0.4, -0.2) is 18.9 Å². The second-order valence-electron chi connectivity index (χ2n) is 3.83. The first kappa shape index (κ1) is 14.5. The fourth-order valence-electron chi connectivity index (χ4n) is 1.62. The molecule has 0 bridgehead atoms. The number of rotatable bonds is 4. The number of hydrogen-bond acceptors (Lipinski definition) is 4. The Morgan fingerprint density at radius 3 is 2.70 bits per heavy atom. The van der Waals surface area contributed by atoms with Crippen LogP contribution in [0.15, 0.2) is 34.1 Å². The predicted octanol–water partition coefficient (Wildman–Crippen LogP) is 2.87. The molecular formula is C13H11BrN2O3S. The van der Waals surface area contributed by atoms with Gasteiger partial charge in [0, 0.05) is 4.47 Å². The fraction of sp³-hybridized carbons (Fsp3) is 0.0769. The first-order valence-corrected chi connectivity index (χ1v) is 7.22. The molecule has 104 valence electrons. The van der Waals surface area contributed by atoms with Crippen molar-refractivity contribution in [3.05, 3.63) is 45.2 Å². The number of methoxy groups -OCH3 is 1. The van der Waals surface area contributed by atoms with Gasteiger partial charge in [0.1, 0.15) is 10.8 Å². The maximum Gasteiger partial charge on any atom is 0.260 e. The molecule has 0 saturated carbocycles. The molecule has 3 N–H and O–H groups in total. The molecule has 20 heavy (non-hydrogen) atoms. The van der Waals surface area contributed by atoms with E-state index < -0.39 is 5.91 Å². The van der Waals surface area contributed by atoms with E-state index in [1.165, 1.54) is 18.4 Å². The third-order valence-electron chi connectivity index (χ3n) is 2.57. The summed E-state index contributed by atoms with van der Waals surface area (Å²) in [5.41, 5.74) is 5.90. The summed E-state index contributed by atoms with van der Waals surface area (Å²) in [5.74, 6) is -0.502. The number of amides is 2. The van der Waals surface area contributed by atoms with Crippen molar-refractivity contribution in [2.75, 3.05) is 12.4 Å². The Balaban J connectivity index is 2.28. The highest BCUT2D eigenvalue weighted by molar-refractivity contribution is 9.10. The van der Waals surface area contributed by atoms with E-state index in [9.17, 15) is 9.59 Å². The number of halogens is 1. The first-order chi connectivity index (χ1) is 9.52. The SMILES string of the molecule is COc1cc(Br)ccc1C(=O)Nc1sccc1C(N)=O. The lowest BCUT2D eigenvalue weighted by Crippen LogP contribution is -2.17. The molecular weight excluding hydrogens is 344 g/mol. The zero-order chi connectivity index (χ0) is 14.7. The largest absolute Gasteiger partial charge is 0.496 e. The first-order valence-electron chi connectivity index (χ1n) is 5.55. The van der Waals surface area contributed by atoms with Gasteiger partial charge in [-0.15, -0.1) is 11.3 Å². The van der Waals surface area contributed by atoms with Gasteiger partial charge in [0.2, 0.25) is 0 Å². The third-order valence-corrected chi connectivity index (χ3v) is 3.89. The lowest BCUT2D eigenvalue weighted by Gasteiger charge is -2.09. The normalized spacial score (nSPS) is 10.1.